The summed E-state index contributed by atoms with van der Waals surface area (Å²) in [4.78, 5) is 34.6. The van der Waals surface area contributed by atoms with Crippen LogP contribution in [0.4, 0.5) is 0 Å². The lowest BCUT2D eigenvalue weighted by molar-refractivity contribution is -0.137. The van der Waals surface area contributed by atoms with Gasteiger partial charge in [-0.3, -0.25) is 18.7 Å². The van der Waals surface area contributed by atoms with Gasteiger partial charge in [-0.25, -0.2) is 4.79 Å². The first-order valence-electron chi connectivity index (χ1n) is 5.15. The fourth-order valence-corrected chi connectivity index (χ4v) is 1.94. The number of aliphatic hydroxyl groups is 1. The molecule has 1 heterocycles. The van der Waals surface area contributed by atoms with Crippen molar-refractivity contribution in [2.45, 2.75) is 26.4 Å². The number of rotatable bonds is 4. The number of carbonyl (C=O) groups is 1. The van der Waals surface area contributed by atoms with Gasteiger partial charge in [0.1, 0.15) is 11.0 Å². The van der Waals surface area contributed by atoms with Crippen LogP contribution in [0.2, 0.25) is 0 Å². The summed E-state index contributed by atoms with van der Waals surface area (Å²) in [5.41, 5.74) is -1.08. The van der Waals surface area contributed by atoms with Gasteiger partial charge in [-0.05, 0) is 29.8 Å². The van der Waals surface area contributed by atoms with Crippen LogP contribution in [0, 0.1) is 6.92 Å². The number of aliphatic hydroxyl groups excluding tert-OH is 1. The summed E-state index contributed by atoms with van der Waals surface area (Å²) in [7, 11) is 0. The second kappa shape index (κ2) is 5.49. The lowest BCUT2D eigenvalue weighted by Gasteiger charge is -2.16. The maximum atomic E-state index is 12.0. The first-order valence-corrected chi connectivity index (χ1v) is 5.94. The highest BCUT2D eigenvalue weighted by Gasteiger charge is 2.19. The van der Waals surface area contributed by atoms with E-state index in [-0.39, 0.29) is 10.2 Å². The largest absolute Gasteiger partial charge is 0.480 e. The van der Waals surface area contributed by atoms with E-state index in [2.05, 4.69) is 15.9 Å². The smallest absolute Gasteiger partial charge is 0.332 e. The zero-order valence-corrected chi connectivity index (χ0v) is 11.5. The van der Waals surface area contributed by atoms with Gasteiger partial charge in [0.2, 0.25) is 0 Å². The first-order chi connectivity index (χ1) is 8.31. The van der Waals surface area contributed by atoms with Crippen LogP contribution in [0.5, 0.6) is 0 Å². The van der Waals surface area contributed by atoms with Crippen LogP contribution in [-0.4, -0.2) is 31.9 Å². The van der Waals surface area contributed by atoms with Crippen molar-refractivity contribution in [3.8, 4) is 0 Å². The average Bonchev–Trinajstić information content (AvgIpc) is 2.31. The Morgan fingerprint density at radius 2 is 2.00 bits per heavy atom. The molecule has 0 aliphatic carbocycles. The molecule has 18 heavy (non-hydrogen) atoms. The van der Waals surface area contributed by atoms with Crippen LogP contribution in [0.3, 0.4) is 0 Å². The molecule has 1 aromatic rings. The van der Waals surface area contributed by atoms with Crippen molar-refractivity contribution in [1.29, 1.82) is 0 Å². The number of aromatic nitrogens is 2. The standard InChI is InChI=1S/C10H13BrN2O5/c1-5(4-14)13-9(17)8(11)6(2)12(10(13)18)3-7(15)16/h5,14H,3-4H2,1-2H3,(H,15,16)/t5-/m0/s1. The molecule has 0 unspecified atom stereocenters. The van der Waals surface area contributed by atoms with Crippen molar-refractivity contribution >= 4 is 21.9 Å². The van der Waals surface area contributed by atoms with Gasteiger partial charge >= 0.3 is 11.7 Å². The minimum Gasteiger partial charge on any atom is -0.480 e. The SMILES string of the molecule is Cc1c(Br)c(=O)n([C@@H](C)CO)c(=O)n1CC(=O)O. The van der Waals surface area contributed by atoms with Crippen LogP contribution >= 0.6 is 15.9 Å². The maximum absolute atomic E-state index is 12.0. The van der Waals surface area contributed by atoms with E-state index >= 15 is 0 Å². The Bertz CT molecular complexity index is 589. The Hall–Kier alpha value is -1.41. The van der Waals surface area contributed by atoms with Crippen molar-refractivity contribution in [2.75, 3.05) is 6.61 Å². The molecule has 7 nitrogen and oxygen atoms in total. The molecule has 0 aliphatic rings. The van der Waals surface area contributed by atoms with E-state index in [0.29, 0.717) is 0 Å². The molecular formula is C10H13BrN2O5. The number of carboxylic acid groups (broad SMARTS) is 1. The monoisotopic (exact) mass is 320 g/mol. The van der Waals surface area contributed by atoms with Crippen LogP contribution in [0.15, 0.2) is 14.1 Å². The summed E-state index contributed by atoms with van der Waals surface area (Å²) in [6, 6.07) is -0.720. The van der Waals surface area contributed by atoms with E-state index in [1.54, 1.807) is 0 Å². The lowest BCUT2D eigenvalue weighted by atomic mass is 10.3. The minimum atomic E-state index is -1.19. The zero-order valence-electron chi connectivity index (χ0n) is 9.88. The number of carboxylic acids is 1. The molecule has 0 spiro atoms. The molecule has 1 atom stereocenters. The summed E-state index contributed by atoms with van der Waals surface area (Å²) in [6.45, 7) is 2.04. The van der Waals surface area contributed by atoms with Gasteiger partial charge in [-0.2, -0.15) is 0 Å². The van der Waals surface area contributed by atoms with Crippen LogP contribution < -0.4 is 11.2 Å². The number of halogens is 1. The van der Waals surface area contributed by atoms with Crippen LogP contribution in [-0.2, 0) is 11.3 Å². The normalized spacial score (nSPS) is 12.4. The van der Waals surface area contributed by atoms with Crippen LogP contribution in [0.25, 0.3) is 0 Å². The molecule has 100 valence electrons. The highest BCUT2D eigenvalue weighted by atomic mass is 79.9. The fourth-order valence-electron chi connectivity index (χ4n) is 1.53. The Kier molecular flexibility index (Phi) is 4.47. The Morgan fingerprint density at radius 1 is 1.44 bits per heavy atom. The van der Waals surface area contributed by atoms with Gasteiger partial charge < -0.3 is 10.2 Å². The van der Waals surface area contributed by atoms with E-state index in [0.717, 1.165) is 9.13 Å². The maximum Gasteiger partial charge on any atom is 0.332 e. The molecular weight excluding hydrogens is 308 g/mol. The first kappa shape index (κ1) is 14.7. The predicted octanol–water partition coefficient (Wildman–Crippen LogP) is -0.281. The molecule has 1 aromatic heterocycles. The molecule has 8 heteroatoms. The van der Waals surface area contributed by atoms with Gasteiger partial charge in [-0.15, -0.1) is 0 Å². The lowest BCUT2D eigenvalue weighted by Crippen LogP contribution is -2.44. The molecule has 1 rings (SSSR count). The minimum absolute atomic E-state index is 0.114. The third-order valence-electron chi connectivity index (χ3n) is 2.56. The van der Waals surface area contributed by atoms with Crippen molar-refractivity contribution < 1.29 is 15.0 Å². The fraction of sp³-hybridized carbons (Fsp3) is 0.500. The van der Waals surface area contributed by atoms with E-state index in [1.807, 2.05) is 0 Å². The molecule has 2 N–H and O–H groups in total. The topological polar surface area (TPSA) is 102 Å². The summed E-state index contributed by atoms with van der Waals surface area (Å²) < 4.78 is 1.92. The number of hydrogen-bond acceptors (Lipinski definition) is 4. The van der Waals surface area contributed by atoms with E-state index in [1.165, 1.54) is 13.8 Å². The Morgan fingerprint density at radius 3 is 2.44 bits per heavy atom. The number of nitrogens with zero attached hydrogens (tertiary/aromatic N) is 2. The summed E-state index contributed by atoms with van der Waals surface area (Å²) in [5, 5.41) is 17.8. The second-order valence-corrected chi connectivity index (χ2v) is 4.66. The summed E-state index contributed by atoms with van der Waals surface area (Å²) >= 11 is 3.03. The highest BCUT2D eigenvalue weighted by molar-refractivity contribution is 9.10. The highest BCUT2D eigenvalue weighted by Crippen LogP contribution is 2.10. The quantitative estimate of drug-likeness (QED) is 0.794. The van der Waals surface area contributed by atoms with Crippen molar-refractivity contribution in [3.63, 3.8) is 0 Å². The van der Waals surface area contributed by atoms with Crippen LogP contribution in [0.1, 0.15) is 18.7 Å². The molecule has 0 amide bonds. The molecule has 0 saturated heterocycles. The van der Waals surface area contributed by atoms with Gasteiger partial charge in [0.25, 0.3) is 5.56 Å². The van der Waals surface area contributed by atoms with Crippen molar-refractivity contribution in [2.24, 2.45) is 0 Å². The molecule has 0 aromatic carbocycles. The number of aliphatic carboxylic acids is 1. The van der Waals surface area contributed by atoms with E-state index < -0.39 is 36.4 Å². The van der Waals surface area contributed by atoms with Crippen molar-refractivity contribution in [3.05, 3.63) is 31.0 Å². The Labute approximate surface area is 110 Å². The predicted molar refractivity (Wildman–Crippen MR) is 66.8 cm³/mol. The molecule has 0 radical (unpaired) electrons. The second-order valence-electron chi connectivity index (χ2n) is 3.87. The molecule has 0 bridgehead atoms. The van der Waals surface area contributed by atoms with Gasteiger partial charge in [0.15, 0.2) is 0 Å². The molecule has 0 aliphatic heterocycles. The third kappa shape index (κ3) is 2.54. The van der Waals surface area contributed by atoms with E-state index in [9.17, 15) is 14.4 Å². The average molecular weight is 321 g/mol. The number of hydrogen-bond donors (Lipinski definition) is 2. The third-order valence-corrected chi connectivity index (χ3v) is 3.48. The van der Waals surface area contributed by atoms with Gasteiger partial charge in [0, 0.05) is 5.69 Å². The van der Waals surface area contributed by atoms with Gasteiger partial charge in [-0.1, -0.05) is 0 Å². The Balaban J connectivity index is 3.65. The molecule has 0 saturated carbocycles. The summed E-state index contributed by atoms with van der Waals surface area (Å²) in [5.74, 6) is -1.19. The van der Waals surface area contributed by atoms with Crippen molar-refractivity contribution in [1.82, 2.24) is 9.13 Å². The van der Waals surface area contributed by atoms with Gasteiger partial charge in [0.05, 0.1) is 12.6 Å². The summed E-state index contributed by atoms with van der Waals surface area (Å²) in [6.07, 6.45) is 0. The van der Waals surface area contributed by atoms with E-state index in [4.69, 9.17) is 10.2 Å². The zero-order chi connectivity index (χ0) is 14.0. The molecule has 0 fully saturated rings.